The first kappa shape index (κ1) is 21.8. The quantitative estimate of drug-likeness (QED) is 0.668. The van der Waals surface area contributed by atoms with Gasteiger partial charge in [-0.3, -0.25) is 9.52 Å². The van der Waals surface area contributed by atoms with Crippen molar-refractivity contribution < 1.29 is 17.9 Å². The largest absolute Gasteiger partial charge is 0.484 e. The highest BCUT2D eigenvalue weighted by Gasteiger charge is 2.15. The Labute approximate surface area is 167 Å². The molecule has 0 aliphatic heterocycles. The minimum atomic E-state index is -3.70. The molecular weight excluding hydrogens is 376 g/mol. The van der Waals surface area contributed by atoms with Crippen LogP contribution < -0.4 is 14.8 Å². The predicted octanol–water partition coefficient (Wildman–Crippen LogP) is 3.65. The minimum Gasteiger partial charge on any atom is -0.484 e. The average Bonchev–Trinajstić information content (AvgIpc) is 2.58. The topological polar surface area (TPSA) is 84.5 Å². The lowest BCUT2D eigenvalue weighted by Crippen LogP contribution is -2.30. The third kappa shape index (κ3) is 6.88. The van der Waals surface area contributed by atoms with E-state index in [1.807, 2.05) is 19.9 Å². The molecule has 0 fully saturated rings. The maximum Gasteiger partial charge on any atom is 0.261 e. The maximum atomic E-state index is 12.6. The molecule has 0 spiro atoms. The van der Waals surface area contributed by atoms with E-state index in [0.717, 1.165) is 17.5 Å². The summed E-state index contributed by atoms with van der Waals surface area (Å²) in [7, 11) is -3.70. The summed E-state index contributed by atoms with van der Waals surface area (Å²) in [6, 6.07) is 11.5. The number of benzene rings is 2. The molecule has 2 rings (SSSR count). The molecule has 0 heterocycles. The molecule has 0 bridgehead atoms. The molecule has 0 aromatic heterocycles. The van der Waals surface area contributed by atoms with E-state index >= 15 is 0 Å². The number of anilines is 1. The zero-order valence-electron chi connectivity index (χ0n) is 16.8. The molecule has 2 aromatic carbocycles. The van der Waals surface area contributed by atoms with Gasteiger partial charge in [-0.05, 0) is 73.7 Å². The molecule has 0 aliphatic carbocycles. The first-order valence-electron chi connectivity index (χ1n) is 9.26. The summed E-state index contributed by atoms with van der Waals surface area (Å²) >= 11 is 0. The molecule has 152 valence electrons. The number of ether oxygens (including phenoxy) is 1. The Morgan fingerprint density at radius 2 is 1.64 bits per heavy atom. The van der Waals surface area contributed by atoms with Crippen molar-refractivity contribution in [3.8, 4) is 5.75 Å². The molecule has 0 saturated carbocycles. The van der Waals surface area contributed by atoms with E-state index in [2.05, 4.69) is 23.9 Å². The molecule has 2 N–H and O–H groups in total. The fourth-order valence-electron chi connectivity index (χ4n) is 2.66. The molecule has 28 heavy (non-hydrogen) atoms. The summed E-state index contributed by atoms with van der Waals surface area (Å²) in [5.41, 5.74) is 2.48. The summed E-state index contributed by atoms with van der Waals surface area (Å²) in [6.07, 6.45) is 0.908. The van der Waals surface area contributed by atoms with Crippen LogP contribution in [0.4, 0.5) is 5.69 Å². The van der Waals surface area contributed by atoms with Gasteiger partial charge in [-0.1, -0.05) is 19.9 Å². The highest BCUT2D eigenvalue weighted by molar-refractivity contribution is 7.92. The Bertz CT molecular complexity index is 886. The van der Waals surface area contributed by atoms with E-state index in [9.17, 15) is 13.2 Å². The summed E-state index contributed by atoms with van der Waals surface area (Å²) in [5.74, 6) is 0.756. The molecule has 7 heteroatoms. The number of hydrogen-bond donors (Lipinski definition) is 2. The number of amides is 1. The van der Waals surface area contributed by atoms with Crippen LogP contribution in [0, 0.1) is 19.8 Å². The standard InChI is InChI=1S/C21H28N2O4S/c1-15(2)9-10-22-21(24)14-27-19-5-7-20(8-6-19)28(25,26)23-18-12-16(3)11-17(4)13-18/h5-8,11-13,15,23H,9-10,14H2,1-4H3,(H,22,24). The van der Waals surface area contributed by atoms with Gasteiger partial charge in [0.1, 0.15) is 5.75 Å². The monoisotopic (exact) mass is 404 g/mol. The summed E-state index contributed by atoms with van der Waals surface area (Å²) in [6.45, 7) is 8.51. The third-order valence-corrected chi connectivity index (χ3v) is 5.42. The Balaban J connectivity index is 1.94. The zero-order chi connectivity index (χ0) is 20.7. The number of carbonyl (C=O) groups excluding carboxylic acids is 1. The lowest BCUT2D eigenvalue weighted by molar-refractivity contribution is -0.123. The van der Waals surface area contributed by atoms with E-state index in [1.165, 1.54) is 24.3 Å². The fraction of sp³-hybridized carbons (Fsp3) is 0.381. The summed E-state index contributed by atoms with van der Waals surface area (Å²) < 4.78 is 33.1. The van der Waals surface area contributed by atoms with E-state index in [-0.39, 0.29) is 17.4 Å². The van der Waals surface area contributed by atoms with Crippen LogP contribution in [-0.4, -0.2) is 27.5 Å². The Hall–Kier alpha value is -2.54. The predicted molar refractivity (Wildman–Crippen MR) is 111 cm³/mol. The molecule has 0 saturated heterocycles. The molecule has 0 aliphatic rings. The van der Waals surface area contributed by atoms with Gasteiger partial charge in [0.15, 0.2) is 6.61 Å². The van der Waals surface area contributed by atoms with Crippen LogP contribution in [0.1, 0.15) is 31.4 Å². The second-order valence-electron chi connectivity index (χ2n) is 7.27. The molecule has 1 amide bonds. The van der Waals surface area contributed by atoms with Crippen molar-refractivity contribution in [1.82, 2.24) is 5.32 Å². The average molecular weight is 405 g/mol. The fourth-order valence-corrected chi connectivity index (χ4v) is 3.70. The molecular formula is C21H28N2O4S. The first-order valence-corrected chi connectivity index (χ1v) is 10.7. The molecule has 0 atom stereocenters. The second-order valence-corrected chi connectivity index (χ2v) is 8.96. The van der Waals surface area contributed by atoms with Crippen LogP contribution in [0.3, 0.4) is 0 Å². The van der Waals surface area contributed by atoms with Gasteiger partial charge in [-0.25, -0.2) is 8.42 Å². The van der Waals surface area contributed by atoms with Gasteiger partial charge in [0.25, 0.3) is 15.9 Å². The third-order valence-electron chi connectivity index (χ3n) is 4.02. The van der Waals surface area contributed by atoms with Gasteiger partial charge in [0.05, 0.1) is 4.90 Å². The number of sulfonamides is 1. The Morgan fingerprint density at radius 3 is 2.21 bits per heavy atom. The SMILES string of the molecule is Cc1cc(C)cc(NS(=O)(=O)c2ccc(OCC(=O)NCCC(C)C)cc2)c1. The lowest BCUT2D eigenvalue weighted by Gasteiger charge is -2.11. The van der Waals surface area contributed by atoms with Crippen LogP contribution in [0.5, 0.6) is 5.75 Å². The van der Waals surface area contributed by atoms with E-state index < -0.39 is 10.0 Å². The summed E-state index contributed by atoms with van der Waals surface area (Å²) in [5, 5.41) is 2.79. The van der Waals surface area contributed by atoms with Gasteiger partial charge in [-0.15, -0.1) is 0 Å². The van der Waals surface area contributed by atoms with E-state index in [1.54, 1.807) is 12.1 Å². The van der Waals surface area contributed by atoms with Crippen LogP contribution in [0.25, 0.3) is 0 Å². The highest BCUT2D eigenvalue weighted by Crippen LogP contribution is 2.21. The zero-order valence-corrected chi connectivity index (χ0v) is 17.6. The Kier molecular flexibility index (Phi) is 7.45. The van der Waals surface area contributed by atoms with E-state index in [0.29, 0.717) is 23.9 Å². The number of rotatable bonds is 9. The van der Waals surface area contributed by atoms with Crippen molar-refractivity contribution in [1.29, 1.82) is 0 Å². The first-order chi connectivity index (χ1) is 13.2. The highest BCUT2D eigenvalue weighted by atomic mass is 32.2. The smallest absolute Gasteiger partial charge is 0.261 e. The van der Waals surface area contributed by atoms with Crippen molar-refractivity contribution in [2.45, 2.75) is 39.0 Å². The molecule has 0 radical (unpaired) electrons. The van der Waals surface area contributed by atoms with E-state index in [4.69, 9.17) is 4.74 Å². The Morgan fingerprint density at radius 1 is 1.04 bits per heavy atom. The van der Waals surface area contributed by atoms with Crippen molar-refractivity contribution in [2.75, 3.05) is 17.9 Å². The molecule has 2 aromatic rings. The van der Waals surface area contributed by atoms with Crippen molar-refractivity contribution in [2.24, 2.45) is 5.92 Å². The van der Waals surface area contributed by atoms with Gasteiger partial charge in [0.2, 0.25) is 0 Å². The number of hydrogen-bond acceptors (Lipinski definition) is 4. The van der Waals surface area contributed by atoms with Crippen LogP contribution in [0.2, 0.25) is 0 Å². The van der Waals surface area contributed by atoms with Crippen LogP contribution in [-0.2, 0) is 14.8 Å². The molecule has 6 nitrogen and oxygen atoms in total. The number of aryl methyl sites for hydroxylation is 2. The van der Waals surface area contributed by atoms with Gasteiger partial charge < -0.3 is 10.1 Å². The van der Waals surface area contributed by atoms with Crippen molar-refractivity contribution >= 4 is 21.6 Å². The van der Waals surface area contributed by atoms with Crippen molar-refractivity contribution in [3.05, 3.63) is 53.6 Å². The second kappa shape index (κ2) is 9.59. The van der Waals surface area contributed by atoms with Crippen molar-refractivity contribution in [3.63, 3.8) is 0 Å². The lowest BCUT2D eigenvalue weighted by atomic mass is 10.1. The van der Waals surface area contributed by atoms with Gasteiger partial charge in [-0.2, -0.15) is 0 Å². The van der Waals surface area contributed by atoms with Gasteiger partial charge in [0, 0.05) is 12.2 Å². The van der Waals surface area contributed by atoms with Crippen LogP contribution in [0.15, 0.2) is 47.4 Å². The number of carbonyl (C=O) groups is 1. The number of nitrogens with one attached hydrogen (secondary N) is 2. The normalized spacial score (nSPS) is 11.3. The van der Waals surface area contributed by atoms with Gasteiger partial charge >= 0.3 is 0 Å². The van der Waals surface area contributed by atoms with Crippen LogP contribution >= 0.6 is 0 Å². The summed E-state index contributed by atoms with van der Waals surface area (Å²) in [4.78, 5) is 11.9. The molecule has 0 unspecified atom stereocenters. The minimum absolute atomic E-state index is 0.106. The maximum absolute atomic E-state index is 12.6.